The number of aromatic amines is 1. The van der Waals surface area contributed by atoms with Crippen LogP contribution in [0.15, 0.2) is 53.3 Å². The summed E-state index contributed by atoms with van der Waals surface area (Å²) in [5.41, 5.74) is 3.43. The van der Waals surface area contributed by atoms with E-state index >= 15 is 0 Å². The second-order valence-electron chi connectivity index (χ2n) is 9.94. The molecule has 1 aliphatic heterocycles. The molecule has 0 amide bonds. The highest BCUT2D eigenvalue weighted by molar-refractivity contribution is 5.79. The lowest BCUT2D eigenvalue weighted by Gasteiger charge is -2.32. The molecule has 0 aliphatic carbocycles. The van der Waals surface area contributed by atoms with Crippen molar-refractivity contribution in [2.45, 2.75) is 51.9 Å². The number of ether oxygens (including phenoxy) is 3. The summed E-state index contributed by atoms with van der Waals surface area (Å²) in [6.45, 7) is 7.48. The molecule has 0 radical (unpaired) electrons. The molecule has 3 heterocycles. The molecule has 10 heteroatoms. The standard InChI is InChI=1S/C29H36N6O4/c1-4-38-23-10-8-21(9-11-23)18-34(19-24-6-5-14-39-24)27(28-31-32-33-35(28)13-15-37-3)25-17-22-16-20(2)7-12-26(22)30-29(25)36/h7-12,16-17,24,27H,4-6,13-15,18-19H2,1-3H3,(H,30,36)/t24-,27-/m0/s1. The number of fused-ring (bicyclic) bond motifs is 1. The topological polar surface area (TPSA) is 107 Å². The maximum Gasteiger partial charge on any atom is 0.253 e. The normalized spacial score (nSPS) is 16.3. The third-order valence-corrected chi connectivity index (χ3v) is 7.08. The Morgan fingerprint density at radius 1 is 1.21 bits per heavy atom. The van der Waals surface area contributed by atoms with Crippen molar-refractivity contribution in [1.29, 1.82) is 0 Å². The molecule has 5 rings (SSSR count). The Hall–Kier alpha value is -3.60. The molecule has 2 aromatic heterocycles. The van der Waals surface area contributed by atoms with E-state index in [0.717, 1.165) is 47.2 Å². The Labute approximate surface area is 227 Å². The summed E-state index contributed by atoms with van der Waals surface area (Å²) in [6, 6.07) is 15.6. The maximum absolute atomic E-state index is 13.7. The molecule has 10 nitrogen and oxygen atoms in total. The van der Waals surface area contributed by atoms with Crippen molar-refractivity contribution in [2.24, 2.45) is 0 Å². The zero-order chi connectivity index (χ0) is 27.2. The van der Waals surface area contributed by atoms with E-state index in [2.05, 4.69) is 43.6 Å². The molecule has 0 saturated carbocycles. The second-order valence-corrected chi connectivity index (χ2v) is 9.94. The number of aromatic nitrogens is 5. The number of rotatable bonds is 12. The van der Waals surface area contributed by atoms with Crippen molar-refractivity contribution in [1.82, 2.24) is 30.1 Å². The van der Waals surface area contributed by atoms with Gasteiger partial charge in [0.15, 0.2) is 5.82 Å². The Bertz CT molecular complexity index is 1430. The number of H-pyrrole nitrogens is 1. The molecule has 0 unspecified atom stereocenters. The van der Waals surface area contributed by atoms with Gasteiger partial charge in [0.05, 0.1) is 25.9 Å². The van der Waals surface area contributed by atoms with Crippen LogP contribution in [0.4, 0.5) is 0 Å². The lowest BCUT2D eigenvalue weighted by molar-refractivity contribution is 0.0569. The largest absolute Gasteiger partial charge is 0.494 e. The van der Waals surface area contributed by atoms with E-state index in [4.69, 9.17) is 14.2 Å². The number of nitrogens with one attached hydrogen (secondary N) is 1. The summed E-state index contributed by atoms with van der Waals surface area (Å²) >= 11 is 0. The number of benzene rings is 2. The molecule has 2 aromatic carbocycles. The quantitative estimate of drug-likeness (QED) is 0.295. The van der Waals surface area contributed by atoms with Crippen molar-refractivity contribution in [3.8, 4) is 5.75 Å². The van der Waals surface area contributed by atoms with Gasteiger partial charge in [-0.3, -0.25) is 9.69 Å². The van der Waals surface area contributed by atoms with Crippen LogP contribution >= 0.6 is 0 Å². The third-order valence-electron chi connectivity index (χ3n) is 7.08. The average molecular weight is 533 g/mol. The van der Waals surface area contributed by atoms with E-state index < -0.39 is 6.04 Å². The van der Waals surface area contributed by atoms with Crippen molar-refractivity contribution in [2.75, 3.05) is 33.5 Å². The highest BCUT2D eigenvalue weighted by atomic mass is 16.5. The Morgan fingerprint density at radius 2 is 2.05 bits per heavy atom. The lowest BCUT2D eigenvalue weighted by atomic mass is 10.0. The van der Waals surface area contributed by atoms with E-state index in [1.165, 1.54) is 0 Å². The van der Waals surface area contributed by atoms with Crippen molar-refractivity contribution in [3.05, 3.63) is 81.4 Å². The van der Waals surface area contributed by atoms with Gasteiger partial charge in [-0.2, -0.15) is 0 Å². The zero-order valence-electron chi connectivity index (χ0n) is 22.8. The first-order valence-corrected chi connectivity index (χ1v) is 13.5. The summed E-state index contributed by atoms with van der Waals surface area (Å²) in [4.78, 5) is 19.0. The molecular formula is C29H36N6O4. The number of hydrogen-bond donors (Lipinski definition) is 1. The maximum atomic E-state index is 13.7. The van der Waals surface area contributed by atoms with Crippen molar-refractivity contribution >= 4 is 10.9 Å². The SMILES string of the molecule is CCOc1ccc(CN(C[C@@H]2CCCO2)[C@@H](c2cc3cc(C)ccc3[nH]c2=O)c2nnnn2CCOC)cc1. The Morgan fingerprint density at radius 3 is 2.79 bits per heavy atom. The summed E-state index contributed by atoms with van der Waals surface area (Å²) in [6.07, 6.45) is 2.04. The van der Waals surface area contributed by atoms with Crippen molar-refractivity contribution in [3.63, 3.8) is 0 Å². The number of hydrogen-bond acceptors (Lipinski definition) is 8. The summed E-state index contributed by atoms with van der Waals surface area (Å²) in [7, 11) is 1.65. The van der Waals surface area contributed by atoms with Crippen LogP contribution in [0.3, 0.4) is 0 Å². The number of pyridine rings is 1. The van der Waals surface area contributed by atoms with Gasteiger partial charge in [0.25, 0.3) is 5.56 Å². The fourth-order valence-corrected chi connectivity index (χ4v) is 5.19. The molecule has 0 bridgehead atoms. The molecular weight excluding hydrogens is 496 g/mol. The van der Waals surface area contributed by atoms with Crippen molar-refractivity contribution < 1.29 is 14.2 Å². The minimum Gasteiger partial charge on any atom is -0.494 e. The van der Waals surface area contributed by atoms with Crippen LogP contribution in [0.2, 0.25) is 0 Å². The lowest BCUT2D eigenvalue weighted by Crippen LogP contribution is -2.39. The first-order valence-electron chi connectivity index (χ1n) is 13.5. The fourth-order valence-electron chi connectivity index (χ4n) is 5.19. The third kappa shape index (κ3) is 6.35. The molecule has 2 atom stereocenters. The van der Waals surface area contributed by atoms with Gasteiger partial charge in [0.2, 0.25) is 0 Å². The van der Waals surface area contributed by atoms with E-state index in [1.54, 1.807) is 11.8 Å². The van der Waals surface area contributed by atoms with Crippen LogP contribution in [0.25, 0.3) is 10.9 Å². The van der Waals surface area contributed by atoms with E-state index in [1.807, 2.05) is 44.2 Å². The predicted octanol–water partition coefficient (Wildman–Crippen LogP) is 3.64. The average Bonchev–Trinajstić information content (AvgIpc) is 3.62. The molecule has 1 fully saturated rings. The zero-order valence-corrected chi connectivity index (χ0v) is 22.8. The Kier molecular flexibility index (Phi) is 8.65. The van der Waals surface area contributed by atoms with Gasteiger partial charge >= 0.3 is 0 Å². The molecule has 39 heavy (non-hydrogen) atoms. The summed E-state index contributed by atoms with van der Waals surface area (Å²) in [5, 5.41) is 13.7. The minimum absolute atomic E-state index is 0.0558. The monoisotopic (exact) mass is 532 g/mol. The van der Waals surface area contributed by atoms with Gasteiger partial charge in [-0.25, -0.2) is 4.68 Å². The Balaban J connectivity index is 1.62. The first kappa shape index (κ1) is 27.0. The smallest absolute Gasteiger partial charge is 0.253 e. The van der Waals surface area contributed by atoms with Gasteiger partial charge in [-0.05, 0) is 78.4 Å². The fraction of sp³-hybridized carbons (Fsp3) is 0.448. The van der Waals surface area contributed by atoms with Crippen LogP contribution in [-0.4, -0.2) is 69.7 Å². The summed E-state index contributed by atoms with van der Waals surface area (Å²) < 4.78 is 18.8. The van der Waals surface area contributed by atoms with Gasteiger partial charge in [-0.1, -0.05) is 23.8 Å². The minimum atomic E-state index is -0.513. The van der Waals surface area contributed by atoms with E-state index in [0.29, 0.717) is 44.2 Å². The molecule has 206 valence electrons. The van der Waals surface area contributed by atoms with Crippen LogP contribution < -0.4 is 10.3 Å². The van der Waals surface area contributed by atoms with Gasteiger partial charge in [-0.15, -0.1) is 5.10 Å². The number of aryl methyl sites for hydroxylation is 1. The van der Waals surface area contributed by atoms with E-state index in [-0.39, 0.29) is 11.7 Å². The molecule has 1 saturated heterocycles. The molecule has 0 spiro atoms. The van der Waals surface area contributed by atoms with Crippen LogP contribution in [0, 0.1) is 6.92 Å². The van der Waals surface area contributed by atoms with Crippen LogP contribution in [0.5, 0.6) is 5.75 Å². The van der Waals surface area contributed by atoms with E-state index in [9.17, 15) is 4.79 Å². The molecule has 4 aromatic rings. The predicted molar refractivity (Wildman–Crippen MR) is 148 cm³/mol. The number of tetrazole rings is 1. The highest BCUT2D eigenvalue weighted by Crippen LogP contribution is 2.30. The van der Waals surface area contributed by atoms with Gasteiger partial charge in [0, 0.05) is 37.9 Å². The van der Waals surface area contributed by atoms with Gasteiger partial charge in [0.1, 0.15) is 11.8 Å². The van der Waals surface area contributed by atoms with Gasteiger partial charge < -0.3 is 19.2 Å². The number of nitrogens with zero attached hydrogens (tertiary/aromatic N) is 5. The van der Waals surface area contributed by atoms with Crippen LogP contribution in [0.1, 0.15) is 48.3 Å². The molecule has 1 aliphatic rings. The second kappa shape index (κ2) is 12.5. The summed E-state index contributed by atoms with van der Waals surface area (Å²) in [5.74, 6) is 1.42. The number of methoxy groups -OCH3 is 1. The molecule has 1 N–H and O–H groups in total. The van der Waals surface area contributed by atoms with Crippen LogP contribution in [-0.2, 0) is 22.6 Å². The highest BCUT2D eigenvalue weighted by Gasteiger charge is 2.33. The first-order chi connectivity index (χ1) is 19.1.